The van der Waals surface area contributed by atoms with E-state index in [9.17, 15) is 22.8 Å². The van der Waals surface area contributed by atoms with Gasteiger partial charge in [-0.25, -0.2) is 18.2 Å². The number of carbonyl (C=O) groups is 2. The lowest BCUT2D eigenvalue weighted by Gasteiger charge is -2.08. The van der Waals surface area contributed by atoms with Crippen LogP contribution in [0.25, 0.3) is 10.6 Å². The van der Waals surface area contributed by atoms with Crippen molar-refractivity contribution in [2.75, 3.05) is 11.9 Å². The number of carbonyl (C=O) groups excluding carboxylic acids is 2. The summed E-state index contributed by atoms with van der Waals surface area (Å²) in [6.07, 6.45) is 3.11. The van der Waals surface area contributed by atoms with Crippen molar-refractivity contribution in [3.8, 4) is 10.6 Å². The first kappa shape index (κ1) is 19.5. The maximum Gasteiger partial charge on any atom is 0.312 e. The van der Waals surface area contributed by atoms with Gasteiger partial charge in [0.15, 0.2) is 24.1 Å². The minimum atomic E-state index is -1.71. The molecule has 0 saturated carbocycles. The number of esters is 1. The van der Waals surface area contributed by atoms with E-state index in [2.05, 4.69) is 9.97 Å². The Labute approximate surface area is 161 Å². The molecule has 0 saturated heterocycles. The molecular formula is C18H12F3N3O3S. The van der Waals surface area contributed by atoms with Crippen molar-refractivity contribution in [2.24, 2.45) is 0 Å². The number of hydrogen-bond acceptors (Lipinski definition) is 6. The molecule has 0 aliphatic rings. The van der Waals surface area contributed by atoms with E-state index in [0.29, 0.717) is 16.8 Å². The maximum atomic E-state index is 13.5. The van der Waals surface area contributed by atoms with Crippen LogP contribution in [-0.4, -0.2) is 28.5 Å². The predicted octanol–water partition coefficient (Wildman–Crippen LogP) is 3.35. The molecule has 1 N–H and O–H groups in total. The molecule has 0 aliphatic carbocycles. The van der Waals surface area contributed by atoms with E-state index in [-0.39, 0.29) is 6.42 Å². The first-order chi connectivity index (χ1) is 13.4. The number of amides is 1. The van der Waals surface area contributed by atoms with Gasteiger partial charge < -0.3 is 10.1 Å². The second-order valence-electron chi connectivity index (χ2n) is 5.49. The van der Waals surface area contributed by atoms with Crippen LogP contribution >= 0.6 is 11.3 Å². The van der Waals surface area contributed by atoms with Crippen LogP contribution in [0.3, 0.4) is 0 Å². The van der Waals surface area contributed by atoms with E-state index in [4.69, 9.17) is 4.74 Å². The van der Waals surface area contributed by atoms with Crippen molar-refractivity contribution in [1.82, 2.24) is 9.97 Å². The van der Waals surface area contributed by atoms with Gasteiger partial charge in [-0.15, -0.1) is 11.3 Å². The molecule has 1 amide bonds. The maximum absolute atomic E-state index is 13.5. The van der Waals surface area contributed by atoms with E-state index in [1.807, 2.05) is 11.4 Å². The van der Waals surface area contributed by atoms with Gasteiger partial charge in [-0.3, -0.25) is 14.6 Å². The smallest absolute Gasteiger partial charge is 0.312 e. The monoisotopic (exact) mass is 407 g/mol. The van der Waals surface area contributed by atoms with E-state index in [1.54, 1.807) is 23.8 Å². The Morgan fingerprint density at radius 3 is 2.71 bits per heavy atom. The Morgan fingerprint density at radius 1 is 1.14 bits per heavy atom. The molecule has 10 heteroatoms. The second kappa shape index (κ2) is 8.61. The molecule has 0 bridgehead atoms. The van der Waals surface area contributed by atoms with Gasteiger partial charge >= 0.3 is 5.97 Å². The Hall–Kier alpha value is -3.27. The van der Waals surface area contributed by atoms with Gasteiger partial charge in [0.1, 0.15) is 5.01 Å². The third-order valence-electron chi connectivity index (χ3n) is 3.46. The van der Waals surface area contributed by atoms with Crippen molar-refractivity contribution in [3.05, 3.63) is 65.2 Å². The molecule has 0 radical (unpaired) electrons. The molecule has 0 fully saturated rings. The first-order valence-corrected chi connectivity index (χ1v) is 8.76. The fourth-order valence-electron chi connectivity index (χ4n) is 2.16. The number of ether oxygens (including phenoxy) is 1. The number of benzene rings is 1. The van der Waals surface area contributed by atoms with E-state index < -0.39 is 41.6 Å². The van der Waals surface area contributed by atoms with Crippen LogP contribution in [-0.2, 0) is 20.7 Å². The Balaban J connectivity index is 1.51. The zero-order valence-corrected chi connectivity index (χ0v) is 14.9. The number of anilines is 1. The SMILES string of the molecule is O=C(COC(=O)Cc1csc(-c2cccnc2)n1)Nc1ccc(F)c(F)c1F. The molecule has 1 aromatic carbocycles. The largest absolute Gasteiger partial charge is 0.455 e. The minimum Gasteiger partial charge on any atom is -0.455 e. The number of rotatable bonds is 6. The molecule has 2 heterocycles. The molecule has 3 rings (SSSR count). The number of aromatic nitrogens is 2. The Kier molecular flexibility index (Phi) is 5.99. The van der Waals surface area contributed by atoms with E-state index in [1.165, 1.54) is 11.3 Å². The van der Waals surface area contributed by atoms with Gasteiger partial charge in [-0.2, -0.15) is 0 Å². The molecule has 3 aromatic rings. The van der Waals surface area contributed by atoms with Crippen LogP contribution in [0.1, 0.15) is 5.69 Å². The number of nitrogens with zero attached hydrogens (tertiary/aromatic N) is 2. The lowest BCUT2D eigenvalue weighted by atomic mass is 10.3. The number of halogens is 3. The van der Waals surface area contributed by atoms with Crippen LogP contribution in [0.4, 0.5) is 18.9 Å². The van der Waals surface area contributed by atoms with Gasteiger partial charge in [0.05, 0.1) is 17.8 Å². The van der Waals surface area contributed by atoms with Crippen LogP contribution in [0.2, 0.25) is 0 Å². The molecule has 0 spiro atoms. The fraction of sp³-hybridized carbons (Fsp3) is 0.111. The highest BCUT2D eigenvalue weighted by atomic mass is 32.1. The van der Waals surface area contributed by atoms with Crippen LogP contribution in [0, 0.1) is 17.5 Å². The average Bonchev–Trinajstić information content (AvgIpc) is 3.16. The molecule has 144 valence electrons. The zero-order valence-electron chi connectivity index (χ0n) is 14.1. The average molecular weight is 407 g/mol. The first-order valence-electron chi connectivity index (χ1n) is 7.88. The summed E-state index contributed by atoms with van der Waals surface area (Å²) in [5, 5.41) is 4.37. The summed E-state index contributed by atoms with van der Waals surface area (Å²) in [7, 11) is 0. The van der Waals surface area contributed by atoms with Crippen LogP contribution in [0.5, 0.6) is 0 Å². The molecule has 0 aliphatic heterocycles. The number of hydrogen-bond donors (Lipinski definition) is 1. The topological polar surface area (TPSA) is 81.2 Å². The predicted molar refractivity (Wildman–Crippen MR) is 95.0 cm³/mol. The summed E-state index contributed by atoms with van der Waals surface area (Å²) in [5.74, 6) is -6.24. The highest BCUT2D eigenvalue weighted by Gasteiger charge is 2.16. The third-order valence-corrected chi connectivity index (χ3v) is 4.40. The molecule has 0 atom stereocenters. The van der Waals surface area contributed by atoms with Gasteiger partial charge in [0.2, 0.25) is 0 Å². The second-order valence-corrected chi connectivity index (χ2v) is 6.35. The van der Waals surface area contributed by atoms with Gasteiger partial charge in [0.25, 0.3) is 5.91 Å². The number of pyridine rings is 1. The molecule has 6 nitrogen and oxygen atoms in total. The third kappa shape index (κ3) is 4.71. The number of nitrogens with one attached hydrogen (secondary N) is 1. The van der Waals surface area contributed by atoms with E-state index >= 15 is 0 Å². The minimum absolute atomic E-state index is 0.163. The lowest BCUT2D eigenvalue weighted by Crippen LogP contribution is -2.22. The summed E-state index contributed by atoms with van der Waals surface area (Å²) >= 11 is 1.33. The van der Waals surface area contributed by atoms with Gasteiger partial charge in [-0.05, 0) is 24.3 Å². The highest BCUT2D eigenvalue weighted by Crippen LogP contribution is 2.23. The standard InChI is InChI=1S/C18H12F3N3O3S/c19-12-3-4-13(17(21)16(12)20)24-14(25)8-27-15(26)6-11-9-28-18(23-11)10-2-1-5-22-7-10/h1-5,7,9H,6,8H2,(H,24,25). The summed E-state index contributed by atoms with van der Waals surface area (Å²) in [5.41, 5.74) is 0.710. The summed E-state index contributed by atoms with van der Waals surface area (Å²) in [4.78, 5) is 31.8. The van der Waals surface area contributed by atoms with Crippen LogP contribution < -0.4 is 5.32 Å². The summed E-state index contributed by atoms with van der Waals surface area (Å²) in [6, 6.07) is 5.12. The van der Waals surface area contributed by atoms with Gasteiger partial charge in [0, 0.05) is 23.3 Å². The molecule has 28 heavy (non-hydrogen) atoms. The van der Waals surface area contributed by atoms with E-state index in [0.717, 1.165) is 11.6 Å². The lowest BCUT2D eigenvalue weighted by molar-refractivity contribution is -0.146. The van der Waals surface area contributed by atoms with Crippen molar-refractivity contribution < 1.29 is 27.5 Å². The molecular weight excluding hydrogens is 395 g/mol. The molecule has 0 unspecified atom stereocenters. The van der Waals surface area contributed by atoms with Gasteiger partial charge in [-0.1, -0.05) is 0 Å². The van der Waals surface area contributed by atoms with Crippen molar-refractivity contribution in [2.45, 2.75) is 6.42 Å². The van der Waals surface area contributed by atoms with Crippen molar-refractivity contribution >= 4 is 28.9 Å². The normalized spacial score (nSPS) is 10.5. The quantitative estimate of drug-likeness (QED) is 0.501. The highest BCUT2D eigenvalue weighted by molar-refractivity contribution is 7.13. The van der Waals surface area contributed by atoms with Crippen molar-refractivity contribution in [1.29, 1.82) is 0 Å². The summed E-state index contributed by atoms with van der Waals surface area (Å²) < 4.78 is 44.3. The summed E-state index contributed by atoms with van der Waals surface area (Å²) in [6.45, 7) is -0.711. The zero-order chi connectivity index (χ0) is 20.1. The Morgan fingerprint density at radius 2 is 1.96 bits per heavy atom. The molecule has 2 aromatic heterocycles. The van der Waals surface area contributed by atoms with Crippen LogP contribution in [0.15, 0.2) is 42.0 Å². The van der Waals surface area contributed by atoms with Crippen molar-refractivity contribution in [3.63, 3.8) is 0 Å². The Bertz CT molecular complexity index is 1010. The fourth-order valence-corrected chi connectivity index (χ4v) is 2.97. The number of thiazole rings is 1.